The highest BCUT2D eigenvalue weighted by molar-refractivity contribution is 7.91. The molecule has 2 aliphatic rings. The fourth-order valence-electron chi connectivity index (χ4n) is 3.78. The Morgan fingerprint density at radius 2 is 2.12 bits per heavy atom. The number of esters is 1. The first-order valence-electron chi connectivity index (χ1n) is 8.62. The van der Waals surface area contributed by atoms with Crippen LogP contribution in [0.2, 0.25) is 0 Å². The van der Waals surface area contributed by atoms with Crippen LogP contribution in [0.15, 0.2) is 16.3 Å². The van der Waals surface area contributed by atoms with Gasteiger partial charge in [-0.1, -0.05) is 19.3 Å². The van der Waals surface area contributed by atoms with Crippen LogP contribution >= 0.6 is 11.3 Å². The summed E-state index contributed by atoms with van der Waals surface area (Å²) in [5.41, 5.74) is 1.46. The smallest absolute Gasteiger partial charge is 0.359 e. The highest BCUT2D eigenvalue weighted by atomic mass is 32.2. The van der Waals surface area contributed by atoms with E-state index in [4.69, 9.17) is 4.74 Å². The van der Waals surface area contributed by atoms with Gasteiger partial charge in [0.15, 0.2) is 15.5 Å². The Labute approximate surface area is 150 Å². The minimum Gasteiger partial charge on any atom is -0.461 e. The first-order valence-corrected chi connectivity index (χ1v) is 11.1. The Hall–Kier alpha value is -1.67. The van der Waals surface area contributed by atoms with E-state index in [1.165, 1.54) is 17.8 Å². The molecule has 0 bridgehead atoms. The average molecular weight is 380 g/mol. The summed E-state index contributed by atoms with van der Waals surface area (Å²) in [5, 5.41) is 6.35. The highest BCUT2D eigenvalue weighted by Crippen LogP contribution is 2.45. The lowest BCUT2D eigenvalue weighted by Gasteiger charge is -2.25. The molecule has 3 heterocycles. The van der Waals surface area contributed by atoms with Gasteiger partial charge in [-0.3, -0.25) is 4.68 Å². The molecular formula is C17H20N2O4S2. The van der Waals surface area contributed by atoms with Crippen molar-refractivity contribution in [3.8, 4) is 10.6 Å². The van der Waals surface area contributed by atoms with Crippen LogP contribution in [-0.2, 0) is 20.3 Å². The summed E-state index contributed by atoms with van der Waals surface area (Å²) in [4.78, 5) is 13.4. The third-order valence-corrected chi connectivity index (χ3v) is 7.64. The Morgan fingerprint density at radius 3 is 2.84 bits per heavy atom. The lowest BCUT2D eigenvalue weighted by molar-refractivity contribution is 0.0517. The third kappa shape index (κ3) is 2.71. The van der Waals surface area contributed by atoms with Crippen LogP contribution < -0.4 is 0 Å². The monoisotopic (exact) mass is 380 g/mol. The summed E-state index contributed by atoms with van der Waals surface area (Å²) in [6.07, 6.45) is 5.48. The van der Waals surface area contributed by atoms with Crippen molar-refractivity contribution in [3.05, 3.63) is 22.7 Å². The number of carbonyl (C=O) groups is 1. The molecule has 0 saturated heterocycles. The number of fused-ring (bicyclic) bond motifs is 3. The Morgan fingerprint density at radius 1 is 1.36 bits per heavy atom. The van der Waals surface area contributed by atoms with Gasteiger partial charge < -0.3 is 4.74 Å². The van der Waals surface area contributed by atoms with Gasteiger partial charge in [-0.15, -0.1) is 11.3 Å². The molecule has 0 unspecified atom stereocenters. The molecule has 1 aliphatic heterocycles. The topological polar surface area (TPSA) is 78.3 Å². The van der Waals surface area contributed by atoms with Crippen molar-refractivity contribution in [2.24, 2.45) is 0 Å². The number of aromatic nitrogens is 2. The zero-order chi connectivity index (χ0) is 17.6. The summed E-state index contributed by atoms with van der Waals surface area (Å²) in [6.45, 7) is 1.97. The summed E-state index contributed by atoms with van der Waals surface area (Å²) < 4.78 is 32.3. The molecule has 1 fully saturated rings. The predicted octanol–water partition coefficient (Wildman–Crippen LogP) is 3.58. The van der Waals surface area contributed by atoms with E-state index in [2.05, 4.69) is 5.10 Å². The molecule has 0 radical (unpaired) electrons. The van der Waals surface area contributed by atoms with Crippen molar-refractivity contribution < 1.29 is 17.9 Å². The SMILES string of the molecule is CCOC(=O)c1nn(C2CCCCC2)c2c1CS(=O)(=O)c1ccsc1-2. The fourth-order valence-corrected chi connectivity index (χ4v) is 6.71. The summed E-state index contributed by atoms with van der Waals surface area (Å²) in [5.74, 6) is -0.726. The van der Waals surface area contributed by atoms with Crippen LogP contribution in [0.5, 0.6) is 0 Å². The van der Waals surface area contributed by atoms with Gasteiger partial charge in [-0.2, -0.15) is 5.10 Å². The molecular weight excluding hydrogens is 360 g/mol. The molecule has 134 valence electrons. The molecule has 25 heavy (non-hydrogen) atoms. The normalized spacial score (nSPS) is 19.2. The van der Waals surface area contributed by atoms with Crippen molar-refractivity contribution in [2.45, 2.75) is 55.7 Å². The van der Waals surface area contributed by atoms with E-state index in [0.29, 0.717) is 15.3 Å². The average Bonchev–Trinajstić information content (AvgIpc) is 3.20. The largest absolute Gasteiger partial charge is 0.461 e. The molecule has 0 amide bonds. The molecule has 2 aromatic rings. The van der Waals surface area contributed by atoms with Gasteiger partial charge in [-0.25, -0.2) is 13.2 Å². The minimum atomic E-state index is -3.45. The van der Waals surface area contributed by atoms with Gasteiger partial charge in [-0.05, 0) is 31.2 Å². The zero-order valence-electron chi connectivity index (χ0n) is 14.0. The number of nitrogens with zero attached hydrogens (tertiary/aromatic N) is 2. The molecule has 0 aromatic carbocycles. The molecule has 0 atom stereocenters. The number of ether oxygens (including phenoxy) is 1. The van der Waals surface area contributed by atoms with Crippen LogP contribution in [0.3, 0.4) is 0 Å². The lowest BCUT2D eigenvalue weighted by Crippen LogP contribution is -2.17. The van der Waals surface area contributed by atoms with Crippen molar-refractivity contribution in [3.63, 3.8) is 0 Å². The number of rotatable bonds is 3. The van der Waals surface area contributed by atoms with Gasteiger partial charge in [0.1, 0.15) is 0 Å². The first kappa shape index (κ1) is 16.8. The van der Waals surface area contributed by atoms with E-state index in [1.54, 1.807) is 18.4 Å². The molecule has 6 nitrogen and oxygen atoms in total. The van der Waals surface area contributed by atoms with E-state index in [-0.39, 0.29) is 24.1 Å². The van der Waals surface area contributed by atoms with Crippen LogP contribution in [-0.4, -0.2) is 30.8 Å². The Bertz CT molecular complexity index is 921. The summed E-state index contributed by atoms with van der Waals surface area (Å²) in [6, 6.07) is 1.86. The van der Waals surface area contributed by atoms with Gasteiger partial charge in [0, 0.05) is 5.56 Å². The van der Waals surface area contributed by atoms with E-state index in [9.17, 15) is 13.2 Å². The third-order valence-electron chi connectivity index (χ3n) is 4.91. The minimum absolute atomic E-state index is 0.157. The predicted molar refractivity (Wildman–Crippen MR) is 94.5 cm³/mol. The van der Waals surface area contributed by atoms with E-state index >= 15 is 0 Å². The van der Waals surface area contributed by atoms with Crippen molar-refractivity contribution in [1.82, 2.24) is 9.78 Å². The second-order valence-electron chi connectivity index (χ2n) is 6.51. The quantitative estimate of drug-likeness (QED) is 0.761. The molecule has 1 saturated carbocycles. The molecule has 1 aliphatic carbocycles. The van der Waals surface area contributed by atoms with E-state index in [1.807, 2.05) is 4.68 Å². The first-order chi connectivity index (χ1) is 12.0. The summed E-state index contributed by atoms with van der Waals surface area (Å²) >= 11 is 1.39. The molecule has 4 rings (SSSR count). The Balaban J connectivity index is 1.92. The van der Waals surface area contributed by atoms with Gasteiger partial charge in [0.05, 0.1) is 33.9 Å². The van der Waals surface area contributed by atoms with Gasteiger partial charge >= 0.3 is 5.97 Å². The number of thiophene rings is 1. The number of carbonyl (C=O) groups excluding carboxylic acids is 1. The maximum atomic E-state index is 12.6. The van der Waals surface area contributed by atoms with Crippen molar-refractivity contribution in [2.75, 3.05) is 6.61 Å². The molecule has 0 spiro atoms. The van der Waals surface area contributed by atoms with Crippen LogP contribution in [0.25, 0.3) is 10.6 Å². The zero-order valence-corrected chi connectivity index (χ0v) is 15.7. The number of hydrogen-bond donors (Lipinski definition) is 0. The standard InChI is InChI=1S/C17H20N2O4S2/c1-2-23-17(20)14-12-10-25(21,22)13-8-9-24-16(13)15(12)19(18-14)11-6-4-3-5-7-11/h8-9,11H,2-7,10H2,1H3. The molecule has 0 N–H and O–H groups in total. The number of sulfone groups is 1. The Kier molecular flexibility index (Phi) is 4.19. The second-order valence-corrected chi connectivity index (χ2v) is 9.38. The lowest BCUT2D eigenvalue weighted by atomic mass is 9.95. The second kappa shape index (κ2) is 6.25. The highest BCUT2D eigenvalue weighted by Gasteiger charge is 2.38. The van der Waals surface area contributed by atoms with E-state index in [0.717, 1.165) is 31.4 Å². The number of hydrogen-bond acceptors (Lipinski definition) is 6. The fraction of sp³-hybridized carbons (Fsp3) is 0.529. The van der Waals surface area contributed by atoms with E-state index < -0.39 is 15.8 Å². The molecule has 2 aromatic heterocycles. The van der Waals surface area contributed by atoms with Crippen LogP contribution in [0, 0.1) is 0 Å². The maximum absolute atomic E-state index is 12.6. The van der Waals surface area contributed by atoms with Crippen LogP contribution in [0.4, 0.5) is 0 Å². The summed E-state index contributed by atoms with van der Waals surface area (Å²) in [7, 11) is -3.45. The van der Waals surface area contributed by atoms with Crippen molar-refractivity contribution >= 4 is 27.1 Å². The van der Waals surface area contributed by atoms with Crippen LogP contribution in [0.1, 0.15) is 61.1 Å². The van der Waals surface area contributed by atoms with Gasteiger partial charge in [0.2, 0.25) is 0 Å². The van der Waals surface area contributed by atoms with Crippen molar-refractivity contribution in [1.29, 1.82) is 0 Å². The van der Waals surface area contributed by atoms with Gasteiger partial charge in [0.25, 0.3) is 0 Å². The molecule has 8 heteroatoms. The maximum Gasteiger partial charge on any atom is 0.359 e.